The van der Waals surface area contributed by atoms with E-state index >= 15 is 0 Å². The molecule has 17 heavy (non-hydrogen) atoms. The first kappa shape index (κ1) is 15.0. The molecule has 2 nitrogen and oxygen atoms in total. The maximum Gasteiger partial charge on any atom is 0.158 e. The van der Waals surface area contributed by atoms with Crippen molar-refractivity contribution in [1.82, 2.24) is 0 Å². The van der Waals surface area contributed by atoms with Crippen LogP contribution in [0, 0.1) is 0 Å². The highest BCUT2D eigenvalue weighted by molar-refractivity contribution is 4.60. The van der Waals surface area contributed by atoms with Gasteiger partial charge in [-0.1, -0.05) is 58.3 Å². The second-order valence-electron chi connectivity index (χ2n) is 5.33. The van der Waals surface area contributed by atoms with Gasteiger partial charge >= 0.3 is 0 Å². The van der Waals surface area contributed by atoms with Gasteiger partial charge in [-0.3, -0.25) is 0 Å². The third-order valence-electron chi connectivity index (χ3n) is 3.44. The predicted octanol–water partition coefficient (Wildman–Crippen LogP) is 4.67. The zero-order valence-corrected chi connectivity index (χ0v) is 11.7. The molecule has 0 aliphatic carbocycles. The summed E-state index contributed by atoms with van der Waals surface area (Å²) in [6, 6.07) is 0. The van der Waals surface area contributed by atoms with E-state index in [2.05, 4.69) is 13.8 Å². The Balaban J connectivity index is 1.75. The van der Waals surface area contributed by atoms with Gasteiger partial charge in [0.15, 0.2) is 6.29 Å². The predicted molar refractivity (Wildman–Crippen MR) is 72.1 cm³/mol. The van der Waals surface area contributed by atoms with E-state index in [-0.39, 0.29) is 6.29 Å². The van der Waals surface area contributed by atoms with Gasteiger partial charge in [-0.15, -0.1) is 0 Å². The lowest BCUT2D eigenvalue weighted by molar-refractivity contribution is -0.0604. The normalized spacial score (nSPS) is 24.4. The van der Waals surface area contributed by atoms with E-state index in [0.29, 0.717) is 6.10 Å². The van der Waals surface area contributed by atoms with Gasteiger partial charge in [-0.25, -0.2) is 0 Å². The fourth-order valence-electron chi connectivity index (χ4n) is 2.35. The number of unbranched alkanes of at least 4 members (excludes halogenated alkanes) is 8. The zero-order chi connectivity index (χ0) is 12.3. The third kappa shape index (κ3) is 7.77. The minimum absolute atomic E-state index is 0.0922. The maximum atomic E-state index is 5.61. The lowest BCUT2D eigenvalue weighted by atomic mass is 10.1. The lowest BCUT2D eigenvalue weighted by Crippen LogP contribution is -2.08. The molecule has 0 N–H and O–H groups in total. The minimum Gasteiger partial charge on any atom is -0.350 e. The van der Waals surface area contributed by atoms with Gasteiger partial charge in [0.2, 0.25) is 0 Å². The van der Waals surface area contributed by atoms with E-state index in [1.54, 1.807) is 0 Å². The second-order valence-corrected chi connectivity index (χ2v) is 5.33. The molecule has 0 aromatic heterocycles. The van der Waals surface area contributed by atoms with Crippen LogP contribution in [-0.4, -0.2) is 19.0 Å². The Morgan fingerprint density at radius 1 is 0.882 bits per heavy atom. The van der Waals surface area contributed by atoms with Crippen LogP contribution in [-0.2, 0) is 9.47 Å². The van der Waals surface area contributed by atoms with Crippen LogP contribution in [0.1, 0.15) is 78.1 Å². The van der Waals surface area contributed by atoms with Gasteiger partial charge in [-0.05, 0) is 19.8 Å². The van der Waals surface area contributed by atoms with Gasteiger partial charge in [0.1, 0.15) is 0 Å². The van der Waals surface area contributed by atoms with Crippen LogP contribution in [0.25, 0.3) is 0 Å². The fraction of sp³-hybridized carbons (Fsp3) is 1.00. The summed E-state index contributed by atoms with van der Waals surface area (Å²) in [4.78, 5) is 0. The summed E-state index contributed by atoms with van der Waals surface area (Å²) in [6.07, 6.45) is 13.9. The molecule has 1 aliphatic heterocycles. The molecule has 0 aromatic rings. The summed E-state index contributed by atoms with van der Waals surface area (Å²) in [5.74, 6) is 0. The SMILES string of the molecule is CCCCCCCCCCCC1OCC(C)O1. The van der Waals surface area contributed by atoms with Gasteiger partial charge in [0, 0.05) is 0 Å². The van der Waals surface area contributed by atoms with Crippen molar-refractivity contribution in [2.75, 3.05) is 6.61 Å². The van der Waals surface area contributed by atoms with Gasteiger partial charge in [0.05, 0.1) is 12.7 Å². The highest BCUT2D eigenvalue weighted by atomic mass is 16.7. The molecule has 2 atom stereocenters. The van der Waals surface area contributed by atoms with Crippen LogP contribution in [0.4, 0.5) is 0 Å². The van der Waals surface area contributed by atoms with Crippen molar-refractivity contribution in [3.05, 3.63) is 0 Å². The number of rotatable bonds is 10. The van der Waals surface area contributed by atoms with Crippen molar-refractivity contribution >= 4 is 0 Å². The second kappa shape index (κ2) is 9.90. The van der Waals surface area contributed by atoms with Gasteiger partial charge in [0.25, 0.3) is 0 Å². The molecule has 0 saturated carbocycles. The Morgan fingerprint density at radius 2 is 1.47 bits per heavy atom. The average Bonchev–Trinajstić information content (AvgIpc) is 2.73. The molecule has 0 amide bonds. The summed E-state index contributed by atoms with van der Waals surface area (Å²) < 4.78 is 11.1. The number of hydrogen-bond donors (Lipinski definition) is 0. The molecule has 0 aromatic carbocycles. The summed E-state index contributed by atoms with van der Waals surface area (Å²) >= 11 is 0. The first-order valence-electron chi connectivity index (χ1n) is 7.60. The summed E-state index contributed by atoms with van der Waals surface area (Å²) in [7, 11) is 0. The Kier molecular flexibility index (Phi) is 8.72. The molecule has 1 saturated heterocycles. The van der Waals surface area contributed by atoms with Crippen LogP contribution < -0.4 is 0 Å². The largest absolute Gasteiger partial charge is 0.350 e. The lowest BCUT2D eigenvalue weighted by Gasteiger charge is -2.09. The van der Waals surface area contributed by atoms with Gasteiger partial charge < -0.3 is 9.47 Å². The standard InChI is InChI=1S/C15H30O2/c1-3-4-5-6-7-8-9-10-11-12-15-16-13-14(2)17-15/h14-15H,3-13H2,1-2H3. The molecule has 2 heteroatoms. The number of hydrogen-bond acceptors (Lipinski definition) is 2. The van der Waals surface area contributed by atoms with Gasteiger partial charge in [-0.2, -0.15) is 0 Å². The summed E-state index contributed by atoms with van der Waals surface area (Å²) in [5, 5.41) is 0. The van der Waals surface area contributed by atoms with Crippen molar-refractivity contribution in [2.24, 2.45) is 0 Å². The van der Waals surface area contributed by atoms with Crippen LogP contribution >= 0.6 is 0 Å². The molecule has 102 valence electrons. The smallest absolute Gasteiger partial charge is 0.158 e. The average molecular weight is 242 g/mol. The quantitative estimate of drug-likeness (QED) is 0.518. The molecule has 2 unspecified atom stereocenters. The van der Waals surface area contributed by atoms with Crippen molar-refractivity contribution in [2.45, 2.75) is 90.4 Å². The third-order valence-corrected chi connectivity index (χ3v) is 3.44. The first-order valence-corrected chi connectivity index (χ1v) is 7.60. The molecule has 1 rings (SSSR count). The van der Waals surface area contributed by atoms with Crippen molar-refractivity contribution in [3.63, 3.8) is 0 Å². The Hall–Kier alpha value is -0.0800. The van der Waals surface area contributed by atoms with E-state index in [1.165, 1.54) is 57.8 Å². The highest BCUT2D eigenvalue weighted by Crippen LogP contribution is 2.17. The highest BCUT2D eigenvalue weighted by Gasteiger charge is 2.21. The first-order chi connectivity index (χ1) is 8.33. The molecule has 0 bridgehead atoms. The van der Waals surface area contributed by atoms with E-state index in [9.17, 15) is 0 Å². The monoisotopic (exact) mass is 242 g/mol. The van der Waals surface area contributed by atoms with E-state index < -0.39 is 0 Å². The molecular weight excluding hydrogens is 212 g/mol. The molecular formula is C15H30O2. The zero-order valence-electron chi connectivity index (χ0n) is 11.7. The fourth-order valence-corrected chi connectivity index (χ4v) is 2.35. The van der Waals surface area contributed by atoms with E-state index in [0.717, 1.165) is 13.0 Å². The molecule has 0 spiro atoms. The summed E-state index contributed by atoms with van der Waals surface area (Å²) in [6.45, 7) is 5.13. The van der Waals surface area contributed by atoms with E-state index in [4.69, 9.17) is 9.47 Å². The maximum absolute atomic E-state index is 5.61. The van der Waals surface area contributed by atoms with E-state index in [1.807, 2.05) is 0 Å². The summed E-state index contributed by atoms with van der Waals surface area (Å²) in [5.41, 5.74) is 0. The van der Waals surface area contributed by atoms with Crippen LogP contribution in [0.5, 0.6) is 0 Å². The van der Waals surface area contributed by atoms with Crippen molar-refractivity contribution < 1.29 is 9.47 Å². The van der Waals surface area contributed by atoms with Crippen molar-refractivity contribution in [1.29, 1.82) is 0 Å². The number of ether oxygens (including phenoxy) is 2. The minimum atomic E-state index is 0.0922. The Labute approximate surface area is 107 Å². The molecule has 1 fully saturated rings. The van der Waals surface area contributed by atoms with Crippen LogP contribution in [0.3, 0.4) is 0 Å². The Bertz CT molecular complexity index is 170. The molecule has 0 radical (unpaired) electrons. The van der Waals surface area contributed by atoms with Crippen LogP contribution in [0.2, 0.25) is 0 Å². The van der Waals surface area contributed by atoms with Crippen LogP contribution in [0.15, 0.2) is 0 Å². The molecule has 1 aliphatic rings. The van der Waals surface area contributed by atoms with Crippen molar-refractivity contribution in [3.8, 4) is 0 Å². The topological polar surface area (TPSA) is 18.5 Å². The molecule has 1 heterocycles. The Morgan fingerprint density at radius 3 is 2.00 bits per heavy atom.